The maximum Gasteiger partial charge on any atom is 0.168 e. The van der Waals surface area contributed by atoms with Crippen molar-refractivity contribution in [3.8, 4) is 11.3 Å². The Labute approximate surface area is 170 Å². The lowest BCUT2D eigenvalue weighted by molar-refractivity contribution is 0.0809. The fourth-order valence-electron chi connectivity index (χ4n) is 4.01. The van der Waals surface area contributed by atoms with Gasteiger partial charge in [0.05, 0.1) is 11.9 Å². The van der Waals surface area contributed by atoms with Gasteiger partial charge >= 0.3 is 0 Å². The molecule has 5 heteroatoms. The summed E-state index contributed by atoms with van der Waals surface area (Å²) in [7, 11) is 0. The summed E-state index contributed by atoms with van der Waals surface area (Å²) in [5, 5.41) is 7.41. The normalized spacial score (nSPS) is 17.5. The highest BCUT2D eigenvalue weighted by Gasteiger charge is 2.28. The third kappa shape index (κ3) is 4.05. The van der Waals surface area contributed by atoms with Crippen LogP contribution in [0.25, 0.3) is 11.3 Å². The van der Waals surface area contributed by atoms with Crippen molar-refractivity contribution >= 4 is 17.5 Å². The number of H-pyrrole nitrogens is 1. The van der Waals surface area contributed by atoms with E-state index in [4.69, 9.17) is 0 Å². The van der Waals surface area contributed by atoms with Crippen LogP contribution in [0.1, 0.15) is 28.8 Å². The Kier molecular flexibility index (Phi) is 5.93. The summed E-state index contributed by atoms with van der Waals surface area (Å²) in [5.74, 6) is 0.347. The zero-order chi connectivity index (χ0) is 19.3. The molecule has 1 saturated heterocycles. The standard InChI is InChI=1S/C23H25N3OS/c1-28-21-12-6-5-11-20(21)23(27)18-10-7-13-26(15-18)16-19-14-24-25-22(19)17-8-3-2-4-9-17/h2-6,8-9,11-12,14,18H,7,10,13,15-16H2,1H3,(H,24,25)/t18-/m0/s1. The van der Waals surface area contributed by atoms with E-state index in [1.807, 2.05) is 54.9 Å². The minimum Gasteiger partial charge on any atom is -0.298 e. The Morgan fingerprint density at radius 3 is 2.79 bits per heavy atom. The lowest BCUT2D eigenvalue weighted by atomic mass is 9.89. The Hall–Kier alpha value is -2.37. The zero-order valence-corrected chi connectivity index (χ0v) is 16.9. The predicted molar refractivity (Wildman–Crippen MR) is 115 cm³/mol. The minimum absolute atomic E-state index is 0.0640. The number of likely N-dealkylation sites (tertiary alicyclic amines) is 1. The van der Waals surface area contributed by atoms with Crippen molar-refractivity contribution in [1.82, 2.24) is 15.1 Å². The largest absolute Gasteiger partial charge is 0.298 e. The molecule has 1 atom stereocenters. The molecular weight excluding hydrogens is 366 g/mol. The highest BCUT2D eigenvalue weighted by atomic mass is 32.2. The van der Waals surface area contributed by atoms with Crippen LogP contribution >= 0.6 is 11.8 Å². The van der Waals surface area contributed by atoms with Crippen molar-refractivity contribution in [2.24, 2.45) is 5.92 Å². The van der Waals surface area contributed by atoms with Gasteiger partial charge < -0.3 is 0 Å². The number of carbonyl (C=O) groups excluding carboxylic acids is 1. The summed E-state index contributed by atoms with van der Waals surface area (Å²) in [6.45, 7) is 2.64. The molecule has 0 unspecified atom stereocenters. The van der Waals surface area contributed by atoms with Crippen LogP contribution in [0.5, 0.6) is 0 Å². The van der Waals surface area contributed by atoms with Crippen LogP contribution < -0.4 is 0 Å². The number of hydrogen-bond donors (Lipinski definition) is 1. The van der Waals surface area contributed by atoms with Crippen molar-refractivity contribution in [1.29, 1.82) is 0 Å². The number of ketones is 1. The molecule has 28 heavy (non-hydrogen) atoms. The molecule has 1 aliphatic rings. The molecule has 1 aromatic heterocycles. The minimum atomic E-state index is 0.0640. The molecule has 2 heterocycles. The molecule has 3 aromatic rings. The van der Waals surface area contributed by atoms with Crippen LogP contribution in [0.4, 0.5) is 0 Å². The van der Waals surface area contributed by atoms with E-state index in [0.717, 1.165) is 54.2 Å². The van der Waals surface area contributed by atoms with Gasteiger partial charge in [-0.05, 0) is 37.3 Å². The molecule has 2 aromatic carbocycles. The van der Waals surface area contributed by atoms with E-state index in [2.05, 4.69) is 27.2 Å². The molecule has 1 N–H and O–H groups in total. The van der Waals surface area contributed by atoms with Crippen LogP contribution in [-0.2, 0) is 6.54 Å². The van der Waals surface area contributed by atoms with Gasteiger partial charge in [0.2, 0.25) is 0 Å². The number of nitrogens with one attached hydrogen (secondary N) is 1. The molecule has 0 saturated carbocycles. The topological polar surface area (TPSA) is 49.0 Å². The van der Waals surface area contributed by atoms with Gasteiger partial charge in [-0.15, -0.1) is 11.8 Å². The Morgan fingerprint density at radius 2 is 1.96 bits per heavy atom. The number of benzene rings is 2. The molecule has 0 bridgehead atoms. The molecule has 0 radical (unpaired) electrons. The molecule has 0 aliphatic carbocycles. The van der Waals surface area contributed by atoms with Crippen molar-refractivity contribution in [3.63, 3.8) is 0 Å². The molecule has 0 spiro atoms. The van der Waals surface area contributed by atoms with Gasteiger partial charge in [-0.1, -0.05) is 48.5 Å². The van der Waals surface area contributed by atoms with E-state index in [9.17, 15) is 4.79 Å². The average Bonchev–Trinajstić information content (AvgIpc) is 3.22. The summed E-state index contributed by atoms with van der Waals surface area (Å²) < 4.78 is 0. The monoisotopic (exact) mass is 391 g/mol. The van der Waals surface area contributed by atoms with Gasteiger partial charge in [0.1, 0.15) is 0 Å². The smallest absolute Gasteiger partial charge is 0.168 e. The lowest BCUT2D eigenvalue weighted by Crippen LogP contribution is -2.38. The SMILES string of the molecule is CSc1ccccc1C(=O)[C@H]1CCCN(Cc2cn[nH]c2-c2ccccc2)C1. The first-order valence-electron chi connectivity index (χ1n) is 9.73. The average molecular weight is 392 g/mol. The molecular formula is C23H25N3OS. The molecule has 0 amide bonds. The Balaban J connectivity index is 1.48. The molecule has 1 aliphatic heterocycles. The second-order valence-electron chi connectivity index (χ2n) is 7.28. The van der Waals surface area contributed by atoms with Crippen molar-refractivity contribution in [2.45, 2.75) is 24.3 Å². The second-order valence-corrected chi connectivity index (χ2v) is 8.12. The molecule has 4 nitrogen and oxygen atoms in total. The zero-order valence-electron chi connectivity index (χ0n) is 16.1. The van der Waals surface area contributed by atoms with E-state index < -0.39 is 0 Å². The Morgan fingerprint density at radius 1 is 1.18 bits per heavy atom. The summed E-state index contributed by atoms with van der Waals surface area (Å²) in [6, 6.07) is 18.3. The quantitative estimate of drug-likeness (QED) is 0.480. The van der Waals surface area contributed by atoms with E-state index in [0.29, 0.717) is 0 Å². The van der Waals surface area contributed by atoms with Gasteiger partial charge in [0, 0.05) is 35.0 Å². The molecule has 144 valence electrons. The van der Waals surface area contributed by atoms with Crippen molar-refractivity contribution in [3.05, 3.63) is 71.9 Å². The number of hydrogen-bond acceptors (Lipinski definition) is 4. The molecule has 1 fully saturated rings. The van der Waals surface area contributed by atoms with E-state index in [-0.39, 0.29) is 11.7 Å². The first-order valence-corrected chi connectivity index (χ1v) is 11.0. The van der Waals surface area contributed by atoms with Crippen LogP contribution in [0.2, 0.25) is 0 Å². The van der Waals surface area contributed by atoms with E-state index in [1.54, 1.807) is 11.8 Å². The highest BCUT2D eigenvalue weighted by Crippen LogP contribution is 2.28. The second kappa shape index (κ2) is 8.76. The third-order valence-electron chi connectivity index (χ3n) is 5.42. The van der Waals surface area contributed by atoms with Crippen LogP contribution in [-0.4, -0.2) is 40.2 Å². The van der Waals surface area contributed by atoms with Crippen LogP contribution in [0.3, 0.4) is 0 Å². The summed E-state index contributed by atoms with van der Waals surface area (Å²) in [4.78, 5) is 16.6. The maximum absolute atomic E-state index is 13.2. The lowest BCUT2D eigenvalue weighted by Gasteiger charge is -2.32. The number of thioether (sulfide) groups is 1. The van der Waals surface area contributed by atoms with Crippen LogP contribution in [0, 0.1) is 5.92 Å². The summed E-state index contributed by atoms with van der Waals surface area (Å²) in [5.41, 5.74) is 4.27. The van der Waals surface area contributed by atoms with Crippen LogP contribution in [0.15, 0.2) is 65.7 Å². The first kappa shape index (κ1) is 19.0. The van der Waals surface area contributed by atoms with Crippen molar-refractivity contribution in [2.75, 3.05) is 19.3 Å². The first-order chi connectivity index (χ1) is 13.8. The van der Waals surface area contributed by atoms with Gasteiger partial charge in [0.15, 0.2) is 5.78 Å². The van der Waals surface area contributed by atoms with E-state index in [1.165, 1.54) is 5.56 Å². The number of aromatic nitrogens is 2. The Bertz CT molecular complexity index is 938. The van der Waals surface area contributed by atoms with Gasteiger partial charge in [0.25, 0.3) is 0 Å². The van der Waals surface area contributed by atoms with Gasteiger partial charge in [-0.3, -0.25) is 14.8 Å². The van der Waals surface area contributed by atoms with Gasteiger partial charge in [-0.2, -0.15) is 5.10 Å². The summed E-state index contributed by atoms with van der Waals surface area (Å²) >= 11 is 1.65. The van der Waals surface area contributed by atoms with E-state index >= 15 is 0 Å². The number of carbonyl (C=O) groups is 1. The number of Topliss-reactive ketones (excluding diaryl/α,β-unsaturated/α-hetero) is 1. The van der Waals surface area contributed by atoms with Crippen molar-refractivity contribution < 1.29 is 4.79 Å². The maximum atomic E-state index is 13.2. The molecule has 4 rings (SSSR count). The fourth-order valence-corrected chi connectivity index (χ4v) is 4.61. The predicted octanol–water partition coefficient (Wildman–Crippen LogP) is 4.89. The van der Waals surface area contributed by atoms with Gasteiger partial charge in [-0.25, -0.2) is 0 Å². The summed E-state index contributed by atoms with van der Waals surface area (Å²) in [6.07, 6.45) is 5.96. The third-order valence-corrected chi connectivity index (χ3v) is 6.22. The fraction of sp³-hybridized carbons (Fsp3) is 0.304. The number of piperidine rings is 1. The number of aromatic amines is 1. The number of nitrogens with zero attached hydrogens (tertiary/aromatic N) is 2. The number of rotatable bonds is 6. The highest BCUT2D eigenvalue weighted by molar-refractivity contribution is 7.98.